The first kappa shape index (κ1) is 12.2. The van der Waals surface area contributed by atoms with Gasteiger partial charge in [0.25, 0.3) is 0 Å². The van der Waals surface area contributed by atoms with Gasteiger partial charge in [0.2, 0.25) is 0 Å². The van der Waals surface area contributed by atoms with Gasteiger partial charge in [-0.1, -0.05) is 12.1 Å². The van der Waals surface area contributed by atoms with E-state index in [9.17, 15) is 4.79 Å². The first-order valence-corrected chi connectivity index (χ1v) is 5.63. The van der Waals surface area contributed by atoms with E-state index in [4.69, 9.17) is 5.11 Å². The van der Waals surface area contributed by atoms with E-state index in [1.54, 1.807) is 0 Å². The average Bonchev–Trinajstić information content (AvgIpc) is 2.36. The summed E-state index contributed by atoms with van der Waals surface area (Å²) in [5.41, 5.74) is 5.13. The fourth-order valence-electron chi connectivity index (χ4n) is 1.86. The van der Waals surface area contributed by atoms with Gasteiger partial charge in [-0.05, 0) is 43.5 Å². The van der Waals surface area contributed by atoms with Crippen LogP contribution in [0.1, 0.15) is 27.2 Å². The minimum Gasteiger partial charge on any atom is -0.477 e. The van der Waals surface area contributed by atoms with E-state index in [0.29, 0.717) is 5.69 Å². The Bertz CT molecular complexity index is 621. The highest BCUT2D eigenvalue weighted by Gasteiger charge is 2.11. The van der Waals surface area contributed by atoms with Crippen molar-refractivity contribution in [2.45, 2.75) is 20.8 Å². The van der Waals surface area contributed by atoms with Gasteiger partial charge in [-0.3, -0.25) is 0 Å². The Morgan fingerprint density at radius 3 is 2.50 bits per heavy atom. The second-order valence-electron chi connectivity index (χ2n) is 4.27. The Kier molecular flexibility index (Phi) is 3.10. The summed E-state index contributed by atoms with van der Waals surface area (Å²) in [6.07, 6.45) is 1.29. The second kappa shape index (κ2) is 4.56. The van der Waals surface area contributed by atoms with Gasteiger partial charge in [0.1, 0.15) is 6.33 Å². The van der Waals surface area contributed by atoms with Gasteiger partial charge in [-0.25, -0.2) is 14.8 Å². The topological polar surface area (TPSA) is 63.1 Å². The first-order chi connectivity index (χ1) is 8.50. The van der Waals surface area contributed by atoms with Crippen molar-refractivity contribution < 1.29 is 9.90 Å². The Labute approximate surface area is 105 Å². The maximum Gasteiger partial charge on any atom is 0.354 e. The molecule has 1 aromatic carbocycles. The molecule has 0 saturated heterocycles. The van der Waals surface area contributed by atoms with Crippen LogP contribution in [-0.2, 0) is 0 Å². The molecule has 0 atom stereocenters. The van der Waals surface area contributed by atoms with Gasteiger partial charge < -0.3 is 5.11 Å². The number of hydrogen-bond acceptors (Lipinski definition) is 3. The molecule has 1 aromatic heterocycles. The van der Waals surface area contributed by atoms with E-state index >= 15 is 0 Å². The van der Waals surface area contributed by atoms with E-state index in [0.717, 1.165) is 11.1 Å². The highest BCUT2D eigenvalue weighted by atomic mass is 16.4. The van der Waals surface area contributed by atoms with Crippen molar-refractivity contribution in [3.63, 3.8) is 0 Å². The summed E-state index contributed by atoms with van der Waals surface area (Å²) in [7, 11) is 0. The fraction of sp³-hybridized carbons (Fsp3) is 0.214. The van der Waals surface area contributed by atoms with E-state index in [2.05, 4.69) is 16.9 Å². The van der Waals surface area contributed by atoms with Crippen LogP contribution in [0.3, 0.4) is 0 Å². The molecule has 0 aliphatic heterocycles. The Balaban J connectivity index is 2.59. The molecule has 0 bridgehead atoms. The highest BCUT2D eigenvalue weighted by Crippen LogP contribution is 2.25. The van der Waals surface area contributed by atoms with Crippen molar-refractivity contribution in [2.24, 2.45) is 0 Å². The number of aromatic carboxylic acids is 1. The normalized spacial score (nSPS) is 10.4. The monoisotopic (exact) mass is 242 g/mol. The number of hydrogen-bond donors (Lipinski definition) is 1. The lowest BCUT2D eigenvalue weighted by Gasteiger charge is -2.10. The molecular weight excluding hydrogens is 228 g/mol. The number of rotatable bonds is 2. The van der Waals surface area contributed by atoms with Gasteiger partial charge in [0.15, 0.2) is 5.69 Å². The molecule has 18 heavy (non-hydrogen) atoms. The summed E-state index contributed by atoms with van der Waals surface area (Å²) >= 11 is 0. The third-order valence-corrected chi connectivity index (χ3v) is 3.22. The molecule has 92 valence electrons. The zero-order valence-corrected chi connectivity index (χ0v) is 10.6. The molecule has 0 fully saturated rings. The standard InChI is InChI=1S/C14H14N2O2/c1-8-4-5-11(10(3)9(8)2)12-6-13(14(17)18)16-7-15-12/h4-7H,1-3H3,(H,17,18). The first-order valence-electron chi connectivity index (χ1n) is 5.63. The molecule has 4 heteroatoms. The van der Waals surface area contributed by atoms with Crippen LogP contribution in [0, 0.1) is 20.8 Å². The van der Waals surface area contributed by atoms with Crippen LogP contribution in [0.15, 0.2) is 24.5 Å². The zero-order chi connectivity index (χ0) is 13.3. The molecule has 0 unspecified atom stereocenters. The van der Waals surface area contributed by atoms with E-state index in [-0.39, 0.29) is 5.69 Å². The molecule has 2 rings (SSSR count). The van der Waals surface area contributed by atoms with Crippen LogP contribution >= 0.6 is 0 Å². The van der Waals surface area contributed by atoms with Crippen molar-refractivity contribution in [1.29, 1.82) is 0 Å². The van der Waals surface area contributed by atoms with E-state index < -0.39 is 5.97 Å². The molecule has 1 heterocycles. The van der Waals surface area contributed by atoms with Gasteiger partial charge in [-0.2, -0.15) is 0 Å². The zero-order valence-electron chi connectivity index (χ0n) is 10.6. The van der Waals surface area contributed by atoms with Gasteiger partial charge >= 0.3 is 5.97 Å². The lowest BCUT2D eigenvalue weighted by molar-refractivity contribution is 0.0690. The lowest BCUT2D eigenvalue weighted by Crippen LogP contribution is -2.02. The Morgan fingerprint density at radius 1 is 1.11 bits per heavy atom. The van der Waals surface area contributed by atoms with Crippen LogP contribution in [0.5, 0.6) is 0 Å². The predicted molar refractivity (Wildman–Crippen MR) is 68.6 cm³/mol. The third kappa shape index (κ3) is 2.09. The Hall–Kier alpha value is -2.23. The summed E-state index contributed by atoms with van der Waals surface area (Å²) in [6, 6.07) is 5.48. The van der Waals surface area contributed by atoms with Crippen molar-refractivity contribution >= 4 is 5.97 Å². The number of carbonyl (C=O) groups is 1. The van der Waals surface area contributed by atoms with E-state index in [1.807, 2.05) is 26.0 Å². The summed E-state index contributed by atoms with van der Waals surface area (Å²) in [4.78, 5) is 18.8. The molecular formula is C14H14N2O2. The number of carboxylic acids is 1. The molecule has 2 aromatic rings. The molecule has 0 spiro atoms. The minimum absolute atomic E-state index is 0.0117. The number of aryl methyl sites for hydroxylation is 1. The minimum atomic E-state index is -1.04. The number of nitrogens with zero attached hydrogens (tertiary/aromatic N) is 2. The molecule has 0 saturated carbocycles. The molecule has 0 aliphatic rings. The second-order valence-corrected chi connectivity index (χ2v) is 4.27. The number of aromatic nitrogens is 2. The van der Waals surface area contributed by atoms with Crippen molar-refractivity contribution in [3.05, 3.63) is 46.9 Å². The molecule has 1 N–H and O–H groups in total. The summed E-state index contributed by atoms with van der Waals surface area (Å²) in [5, 5.41) is 8.93. The summed E-state index contributed by atoms with van der Waals surface area (Å²) in [6.45, 7) is 6.11. The summed E-state index contributed by atoms with van der Waals surface area (Å²) in [5.74, 6) is -1.04. The van der Waals surface area contributed by atoms with Gasteiger partial charge in [0, 0.05) is 5.56 Å². The quantitative estimate of drug-likeness (QED) is 0.879. The van der Waals surface area contributed by atoms with Crippen LogP contribution in [0.25, 0.3) is 11.3 Å². The van der Waals surface area contributed by atoms with Crippen LogP contribution in [0.2, 0.25) is 0 Å². The maximum absolute atomic E-state index is 10.9. The molecule has 0 aliphatic carbocycles. The largest absolute Gasteiger partial charge is 0.477 e. The maximum atomic E-state index is 10.9. The summed E-state index contributed by atoms with van der Waals surface area (Å²) < 4.78 is 0. The van der Waals surface area contributed by atoms with Crippen molar-refractivity contribution in [1.82, 2.24) is 9.97 Å². The Morgan fingerprint density at radius 2 is 1.83 bits per heavy atom. The predicted octanol–water partition coefficient (Wildman–Crippen LogP) is 2.77. The molecule has 4 nitrogen and oxygen atoms in total. The smallest absolute Gasteiger partial charge is 0.354 e. The van der Waals surface area contributed by atoms with Crippen LogP contribution in [-0.4, -0.2) is 21.0 Å². The number of carboxylic acid groups (broad SMARTS) is 1. The highest BCUT2D eigenvalue weighted by molar-refractivity contribution is 5.86. The third-order valence-electron chi connectivity index (χ3n) is 3.22. The molecule has 0 radical (unpaired) electrons. The van der Waals surface area contributed by atoms with Crippen LogP contribution < -0.4 is 0 Å². The van der Waals surface area contributed by atoms with Gasteiger partial charge in [0.05, 0.1) is 5.69 Å². The molecule has 0 amide bonds. The van der Waals surface area contributed by atoms with Crippen molar-refractivity contribution in [3.8, 4) is 11.3 Å². The average molecular weight is 242 g/mol. The fourth-order valence-corrected chi connectivity index (χ4v) is 1.86. The SMILES string of the molecule is Cc1ccc(-c2cc(C(=O)O)ncn2)c(C)c1C. The van der Waals surface area contributed by atoms with E-state index in [1.165, 1.54) is 23.5 Å². The van der Waals surface area contributed by atoms with Crippen molar-refractivity contribution in [2.75, 3.05) is 0 Å². The lowest BCUT2D eigenvalue weighted by atomic mass is 9.96. The van der Waals surface area contributed by atoms with Crippen LogP contribution in [0.4, 0.5) is 0 Å². The van der Waals surface area contributed by atoms with Gasteiger partial charge in [-0.15, -0.1) is 0 Å². The number of benzene rings is 1.